The lowest BCUT2D eigenvalue weighted by Crippen LogP contribution is -2.29. The van der Waals surface area contributed by atoms with Crippen LogP contribution in [0.5, 0.6) is 0 Å². The maximum atomic E-state index is 6.40. The van der Waals surface area contributed by atoms with Crippen LogP contribution in [0.4, 0.5) is 0 Å². The lowest BCUT2D eigenvalue weighted by atomic mass is 9.66. The molecule has 1 nitrogen and oxygen atoms in total. The monoisotopic (exact) mass is 734 g/mol. The number of hydrogen-bond acceptors (Lipinski definition) is 1. The smallest absolute Gasteiger partial charge is 0.136 e. The van der Waals surface area contributed by atoms with Gasteiger partial charge in [0.2, 0.25) is 0 Å². The van der Waals surface area contributed by atoms with E-state index in [2.05, 4.69) is 200 Å². The average Bonchev–Trinajstić information content (AvgIpc) is 3.82. The first kappa shape index (κ1) is 31.7. The summed E-state index contributed by atoms with van der Waals surface area (Å²) in [5.41, 5.74) is 13.8. The van der Waals surface area contributed by atoms with E-state index in [1.54, 1.807) is 0 Å². The van der Waals surface area contributed by atoms with Gasteiger partial charge in [0.1, 0.15) is 11.2 Å². The molecule has 0 saturated carbocycles. The van der Waals surface area contributed by atoms with E-state index in [4.69, 9.17) is 4.42 Å². The predicted octanol–water partition coefficient (Wildman–Crippen LogP) is 15.3. The molecule has 1 aliphatic carbocycles. The maximum Gasteiger partial charge on any atom is 0.136 e. The van der Waals surface area contributed by atoms with Crippen LogP contribution in [0.2, 0.25) is 0 Å². The second-order valence-corrected chi connectivity index (χ2v) is 15.9. The van der Waals surface area contributed by atoms with Crippen molar-refractivity contribution in [1.82, 2.24) is 0 Å². The van der Waals surface area contributed by atoms with E-state index in [1.807, 2.05) is 6.07 Å². The topological polar surface area (TPSA) is 13.1 Å². The summed E-state index contributed by atoms with van der Waals surface area (Å²) < 4.78 is 6.40. The van der Waals surface area contributed by atoms with Gasteiger partial charge in [-0.25, -0.2) is 0 Å². The first-order chi connectivity index (χ1) is 28.8. The molecule has 58 heavy (non-hydrogen) atoms. The van der Waals surface area contributed by atoms with Crippen LogP contribution < -0.4 is 0 Å². The normalized spacial score (nSPS) is 13.3. The number of para-hydroxylation sites is 1. The lowest BCUT2D eigenvalue weighted by Gasteiger charge is -2.35. The minimum absolute atomic E-state index is 0.576. The summed E-state index contributed by atoms with van der Waals surface area (Å²) >= 11 is 0. The molecule has 0 aliphatic heterocycles. The van der Waals surface area contributed by atoms with Crippen LogP contribution in [0.1, 0.15) is 22.3 Å². The minimum Gasteiger partial charge on any atom is -0.456 e. The third-order valence-electron chi connectivity index (χ3n) is 13.1. The van der Waals surface area contributed by atoms with Crippen LogP contribution in [0.25, 0.3) is 98.4 Å². The third kappa shape index (κ3) is 4.20. The van der Waals surface area contributed by atoms with Gasteiger partial charge in [-0.1, -0.05) is 182 Å². The summed E-state index contributed by atoms with van der Waals surface area (Å²) in [6.07, 6.45) is 0. The van der Waals surface area contributed by atoms with Crippen LogP contribution in [-0.4, -0.2) is 0 Å². The summed E-state index contributed by atoms with van der Waals surface area (Å²) in [6.45, 7) is 0. The molecule has 0 fully saturated rings. The molecule has 1 aliphatic rings. The van der Waals surface area contributed by atoms with Crippen molar-refractivity contribution in [2.75, 3.05) is 0 Å². The largest absolute Gasteiger partial charge is 0.456 e. The summed E-state index contributed by atoms with van der Waals surface area (Å²) in [4.78, 5) is 0. The number of hydrogen-bond donors (Lipinski definition) is 0. The minimum atomic E-state index is -0.576. The first-order valence-corrected chi connectivity index (χ1v) is 20.2. The van der Waals surface area contributed by atoms with Gasteiger partial charge in [0.05, 0.1) is 5.41 Å². The molecule has 0 amide bonds. The molecular formula is C57H34O. The van der Waals surface area contributed by atoms with Crippen LogP contribution >= 0.6 is 0 Å². The molecule has 0 atom stereocenters. The fourth-order valence-electron chi connectivity index (χ4n) is 10.7. The Morgan fingerprint density at radius 3 is 1.67 bits per heavy atom. The van der Waals surface area contributed by atoms with E-state index < -0.39 is 5.41 Å². The van der Waals surface area contributed by atoms with E-state index in [1.165, 1.54) is 93.2 Å². The van der Waals surface area contributed by atoms with E-state index in [9.17, 15) is 0 Å². The Morgan fingerprint density at radius 1 is 0.310 bits per heavy atom. The first-order valence-electron chi connectivity index (χ1n) is 20.2. The van der Waals surface area contributed by atoms with Crippen molar-refractivity contribution in [2.24, 2.45) is 0 Å². The fourth-order valence-corrected chi connectivity index (χ4v) is 10.7. The van der Waals surface area contributed by atoms with Crippen LogP contribution in [0, 0.1) is 0 Å². The van der Waals surface area contributed by atoms with Gasteiger partial charge in [0, 0.05) is 10.8 Å². The average molecular weight is 735 g/mol. The molecule has 1 heterocycles. The Balaban J connectivity index is 1.10. The van der Waals surface area contributed by atoms with Crippen LogP contribution in [-0.2, 0) is 5.41 Å². The van der Waals surface area contributed by atoms with Gasteiger partial charge in [-0.15, -0.1) is 0 Å². The lowest BCUT2D eigenvalue weighted by molar-refractivity contribution is 0.669. The summed E-state index contributed by atoms with van der Waals surface area (Å²) in [7, 11) is 0. The number of benzene rings is 11. The molecule has 268 valence electrons. The highest BCUT2D eigenvalue weighted by Crippen LogP contribution is 2.59. The zero-order chi connectivity index (χ0) is 38.0. The molecule has 0 saturated heterocycles. The van der Waals surface area contributed by atoms with E-state index in [0.717, 1.165) is 27.5 Å². The van der Waals surface area contributed by atoms with Crippen LogP contribution in [0.3, 0.4) is 0 Å². The molecule has 12 aromatic rings. The van der Waals surface area contributed by atoms with Gasteiger partial charge >= 0.3 is 0 Å². The predicted molar refractivity (Wildman–Crippen MR) is 243 cm³/mol. The standard InChI is InChI=1S/C57H34O/c1-3-13-40(14-4-1)57(41-15-5-2-6-16-41)51-33-38(43-27-23-37-22-21-35-11-9-12-36-24-30-48(43)55(37)54(35)36)25-28-45(51)50-32-31-44-42(18-10-19-49(44)56(50)57)39-26-29-47-46-17-7-8-20-52(46)58-53(47)34-39/h1-34H. The molecule has 1 heteroatoms. The molecular weight excluding hydrogens is 701 g/mol. The zero-order valence-corrected chi connectivity index (χ0v) is 31.5. The van der Waals surface area contributed by atoms with Crippen molar-refractivity contribution in [2.45, 2.75) is 5.41 Å². The molecule has 1 aromatic heterocycles. The number of furan rings is 1. The van der Waals surface area contributed by atoms with Gasteiger partial charge in [-0.2, -0.15) is 0 Å². The van der Waals surface area contributed by atoms with Gasteiger partial charge in [0.25, 0.3) is 0 Å². The molecule has 0 unspecified atom stereocenters. The van der Waals surface area contributed by atoms with Crippen molar-refractivity contribution < 1.29 is 4.42 Å². The number of rotatable bonds is 4. The molecule has 11 aromatic carbocycles. The Bertz CT molecular complexity index is 3550. The van der Waals surface area contributed by atoms with E-state index >= 15 is 0 Å². The number of fused-ring (bicyclic) bond motifs is 8. The maximum absolute atomic E-state index is 6.40. The van der Waals surface area contributed by atoms with Gasteiger partial charge < -0.3 is 4.42 Å². The van der Waals surface area contributed by atoms with Crippen molar-refractivity contribution in [3.63, 3.8) is 0 Å². The summed E-state index contributed by atoms with van der Waals surface area (Å²) in [6, 6.07) is 76.6. The Morgan fingerprint density at radius 2 is 0.862 bits per heavy atom. The SMILES string of the molecule is c1ccc(C2(c3ccccc3)c3cc(-c4ccc5ccc6cccc7ccc4c5c67)ccc3-c3ccc4c(-c5ccc6c(c5)oc5ccccc56)cccc4c32)cc1. The molecule has 0 N–H and O–H groups in total. The fraction of sp³-hybridized carbons (Fsp3) is 0.0175. The van der Waals surface area contributed by atoms with Crippen LogP contribution in [0.15, 0.2) is 211 Å². The second kappa shape index (κ2) is 11.8. The Hall–Kier alpha value is -7.48. The van der Waals surface area contributed by atoms with Gasteiger partial charge in [-0.3, -0.25) is 0 Å². The van der Waals surface area contributed by atoms with Crippen molar-refractivity contribution >= 4 is 65.0 Å². The Labute approximate surface area is 335 Å². The van der Waals surface area contributed by atoms with Crippen molar-refractivity contribution in [1.29, 1.82) is 0 Å². The highest BCUT2D eigenvalue weighted by Gasteiger charge is 2.47. The Kier molecular flexibility index (Phi) is 6.43. The van der Waals surface area contributed by atoms with Crippen molar-refractivity contribution in [3.8, 4) is 33.4 Å². The molecule has 13 rings (SSSR count). The molecule has 0 bridgehead atoms. The van der Waals surface area contributed by atoms with Gasteiger partial charge in [0.15, 0.2) is 0 Å². The molecule has 0 radical (unpaired) electrons. The highest BCUT2D eigenvalue weighted by molar-refractivity contribution is 6.25. The van der Waals surface area contributed by atoms with Crippen molar-refractivity contribution in [3.05, 3.63) is 229 Å². The third-order valence-corrected chi connectivity index (χ3v) is 13.1. The zero-order valence-electron chi connectivity index (χ0n) is 31.5. The highest BCUT2D eigenvalue weighted by atomic mass is 16.3. The quantitative estimate of drug-likeness (QED) is 0.164. The summed E-state index contributed by atoms with van der Waals surface area (Å²) in [5, 5.41) is 12.6. The van der Waals surface area contributed by atoms with E-state index in [0.29, 0.717) is 0 Å². The summed E-state index contributed by atoms with van der Waals surface area (Å²) in [5.74, 6) is 0. The molecule has 0 spiro atoms. The second-order valence-electron chi connectivity index (χ2n) is 15.9. The van der Waals surface area contributed by atoms with Gasteiger partial charge in [-0.05, 0) is 123 Å². The van der Waals surface area contributed by atoms with E-state index in [-0.39, 0.29) is 0 Å².